The third kappa shape index (κ3) is 6.15. The fourth-order valence-electron chi connectivity index (χ4n) is 2.69. The molecule has 1 aliphatic heterocycles. The van der Waals surface area contributed by atoms with Crippen molar-refractivity contribution in [1.82, 2.24) is 4.90 Å². The number of benzene rings is 1. The smallest absolute Gasteiger partial charge is 0.322 e. The Labute approximate surface area is 153 Å². The minimum Gasteiger partial charge on any atom is -0.383 e. The molecule has 0 bridgehead atoms. The number of amides is 2. The summed E-state index contributed by atoms with van der Waals surface area (Å²) in [4.78, 5) is 14.1. The average Bonchev–Trinajstić information content (AvgIpc) is 2.88. The average molecular weight is 405 g/mol. The van der Waals surface area contributed by atoms with Gasteiger partial charge in [-0.05, 0) is 30.7 Å². The van der Waals surface area contributed by atoms with Gasteiger partial charge in [-0.1, -0.05) is 0 Å². The molecule has 2 N–H and O–H groups in total. The van der Waals surface area contributed by atoms with Crippen LogP contribution in [0.1, 0.15) is 6.42 Å². The lowest BCUT2D eigenvalue weighted by Crippen LogP contribution is -2.45. The molecule has 9 nitrogen and oxygen atoms in total. The van der Waals surface area contributed by atoms with Gasteiger partial charge in [0.25, 0.3) is 0 Å². The molecule has 0 radical (unpaired) electrons. The van der Waals surface area contributed by atoms with E-state index in [9.17, 15) is 21.6 Å². The van der Waals surface area contributed by atoms with E-state index in [2.05, 4.69) is 10.0 Å². The summed E-state index contributed by atoms with van der Waals surface area (Å²) in [5, 5.41) is 2.70. The van der Waals surface area contributed by atoms with E-state index in [0.29, 0.717) is 24.4 Å². The number of anilines is 2. The summed E-state index contributed by atoms with van der Waals surface area (Å²) in [6.45, 7) is 0.567. The number of nitrogens with zero attached hydrogens (tertiary/aromatic N) is 1. The highest BCUT2D eigenvalue weighted by Gasteiger charge is 2.34. The summed E-state index contributed by atoms with van der Waals surface area (Å²) in [6.07, 6.45) is 1.45. The highest BCUT2D eigenvalue weighted by atomic mass is 32.2. The van der Waals surface area contributed by atoms with E-state index >= 15 is 0 Å². The van der Waals surface area contributed by atoms with Crippen molar-refractivity contribution < 1.29 is 26.4 Å². The Bertz CT molecular complexity index is 837. The van der Waals surface area contributed by atoms with Crippen molar-refractivity contribution in [2.24, 2.45) is 0 Å². The van der Waals surface area contributed by atoms with Crippen LogP contribution >= 0.6 is 0 Å². The fraction of sp³-hybridized carbons (Fsp3) is 0.533. The van der Waals surface area contributed by atoms with Crippen molar-refractivity contribution in [3.05, 3.63) is 24.3 Å². The Kier molecular flexibility index (Phi) is 6.48. The standard InChI is InChI=1S/C15H23N3O6S2/c1-24-9-8-18(14-7-10-26(22,23)11-14)15(19)16-12-3-5-13(6-4-12)17-25(2,20)21/h3-6,14,17H,7-11H2,1-2H3,(H,16,19). The molecule has 0 saturated carbocycles. The summed E-state index contributed by atoms with van der Waals surface area (Å²) >= 11 is 0. The second-order valence-corrected chi connectivity index (χ2v) is 10.1. The molecule has 1 atom stereocenters. The zero-order chi connectivity index (χ0) is 19.4. The van der Waals surface area contributed by atoms with Crippen LogP contribution in [0.3, 0.4) is 0 Å². The maximum absolute atomic E-state index is 12.6. The van der Waals surface area contributed by atoms with E-state index < -0.39 is 25.9 Å². The van der Waals surface area contributed by atoms with Gasteiger partial charge in [-0.3, -0.25) is 4.72 Å². The lowest BCUT2D eigenvalue weighted by atomic mass is 10.2. The first-order chi connectivity index (χ1) is 12.1. The fourth-order valence-corrected chi connectivity index (χ4v) is 4.99. The van der Waals surface area contributed by atoms with Gasteiger partial charge in [0.05, 0.1) is 24.4 Å². The number of sulfonamides is 1. The predicted molar refractivity (Wildman–Crippen MR) is 99.6 cm³/mol. The number of hydrogen-bond donors (Lipinski definition) is 2. The van der Waals surface area contributed by atoms with Gasteiger partial charge in [0.2, 0.25) is 10.0 Å². The summed E-state index contributed by atoms with van der Waals surface area (Å²) < 4.78 is 53.2. The van der Waals surface area contributed by atoms with Crippen LogP contribution in [0.15, 0.2) is 24.3 Å². The molecule has 1 unspecified atom stereocenters. The molecule has 11 heteroatoms. The van der Waals surface area contributed by atoms with E-state index in [1.165, 1.54) is 24.1 Å². The predicted octanol–water partition coefficient (Wildman–Crippen LogP) is 0.726. The van der Waals surface area contributed by atoms with E-state index in [1.54, 1.807) is 12.1 Å². The number of carbonyl (C=O) groups is 1. The van der Waals surface area contributed by atoms with Crippen molar-refractivity contribution in [2.45, 2.75) is 12.5 Å². The molecular formula is C15H23N3O6S2. The van der Waals surface area contributed by atoms with Crippen LogP contribution in [-0.2, 0) is 24.6 Å². The summed E-state index contributed by atoms with van der Waals surface area (Å²) in [5.74, 6) is 0.0155. The van der Waals surface area contributed by atoms with Crippen molar-refractivity contribution in [1.29, 1.82) is 0 Å². The molecular weight excluding hydrogens is 382 g/mol. The first-order valence-electron chi connectivity index (χ1n) is 7.94. The molecule has 1 aromatic rings. The van der Waals surface area contributed by atoms with Crippen LogP contribution in [-0.4, -0.2) is 71.8 Å². The van der Waals surface area contributed by atoms with E-state index in [1.807, 2.05) is 0 Å². The third-order valence-electron chi connectivity index (χ3n) is 3.89. The molecule has 2 amide bonds. The van der Waals surface area contributed by atoms with Gasteiger partial charge in [-0.2, -0.15) is 0 Å². The monoisotopic (exact) mass is 405 g/mol. The highest BCUT2D eigenvalue weighted by molar-refractivity contribution is 7.92. The topological polar surface area (TPSA) is 122 Å². The number of nitrogens with one attached hydrogen (secondary N) is 2. The molecule has 0 aromatic heterocycles. The molecule has 1 saturated heterocycles. The number of ether oxygens (including phenoxy) is 1. The Morgan fingerprint density at radius 2 is 1.88 bits per heavy atom. The summed E-state index contributed by atoms with van der Waals surface area (Å²) in [7, 11) is -4.99. The maximum atomic E-state index is 12.6. The van der Waals surface area contributed by atoms with Crippen molar-refractivity contribution >= 4 is 37.3 Å². The quantitative estimate of drug-likeness (QED) is 0.689. The van der Waals surface area contributed by atoms with Gasteiger partial charge in [-0.25, -0.2) is 21.6 Å². The number of methoxy groups -OCH3 is 1. The van der Waals surface area contributed by atoms with Crippen LogP contribution in [0.2, 0.25) is 0 Å². The lowest BCUT2D eigenvalue weighted by molar-refractivity contribution is 0.140. The van der Waals surface area contributed by atoms with Crippen molar-refractivity contribution in [3.8, 4) is 0 Å². The van der Waals surface area contributed by atoms with Gasteiger partial charge in [0.1, 0.15) is 0 Å². The number of rotatable bonds is 7. The minimum absolute atomic E-state index is 0.0542. The van der Waals surface area contributed by atoms with Crippen LogP contribution in [0.4, 0.5) is 16.2 Å². The Hall–Kier alpha value is -1.85. The Balaban J connectivity index is 2.06. The first kappa shape index (κ1) is 20.5. The van der Waals surface area contributed by atoms with Crippen molar-refractivity contribution in [2.75, 3.05) is 48.1 Å². The van der Waals surface area contributed by atoms with E-state index in [4.69, 9.17) is 4.74 Å². The van der Waals surface area contributed by atoms with Gasteiger partial charge >= 0.3 is 6.03 Å². The molecule has 1 aromatic carbocycles. The van der Waals surface area contributed by atoms with Crippen LogP contribution in [0.5, 0.6) is 0 Å². The molecule has 146 valence electrons. The number of carbonyl (C=O) groups excluding carboxylic acids is 1. The molecule has 26 heavy (non-hydrogen) atoms. The van der Waals surface area contributed by atoms with E-state index in [-0.39, 0.29) is 24.1 Å². The highest BCUT2D eigenvalue weighted by Crippen LogP contribution is 2.20. The molecule has 0 aliphatic carbocycles. The lowest BCUT2D eigenvalue weighted by Gasteiger charge is -2.28. The van der Waals surface area contributed by atoms with Crippen LogP contribution in [0.25, 0.3) is 0 Å². The minimum atomic E-state index is -3.38. The second kappa shape index (κ2) is 8.23. The van der Waals surface area contributed by atoms with Gasteiger partial charge in [0, 0.05) is 31.1 Å². The maximum Gasteiger partial charge on any atom is 0.322 e. The molecule has 2 rings (SSSR count). The largest absolute Gasteiger partial charge is 0.383 e. The summed E-state index contributed by atoms with van der Waals surface area (Å²) in [5.41, 5.74) is 0.848. The Morgan fingerprint density at radius 3 is 2.38 bits per heavy atom. The Morgan fingerprint density at radius 1 is 1.27 bits per heavy atom. The molecule has 1 fully saturated rings. The molecule has 1 heterocycles. The zero-order valence-electron chi connectivity index (χ0n) is 14.6. The van der Waals surface area contributed by atoms with Crippen molar-refractivity contribution in [3.63, 3.8) is 0 Å². The van der Waals surface area contributed by atoms with E-state index in [0.717, 1.165) is 6.26 Å². The van der Waals surface area contributed by atoms with Crippen LogP contribution < -0.4 is 10.0 Å². The third-order valence-corrected chi connectivity index (χ3v) is 6.24. The molecule has 0 spiro atoms. The zero-order valence-corrected chi connectivity index (χ0v) is 16.3. The van der Waals surface area contributed by atoms with Gasteiger partial charge in [0.15, 0.2) is 9.84 Å². The van der Waals surface area contributed by atoms with Crippen LogP contribution in [0, 0.1) is 0 Å². The number of sulfone groups is 1. The first-order valence-corrected chi connectivity index (χ1v) is 11.7. The normalized spacial score (nSPS) is 19.1. The second-order valence-electron chi connectivity index (χ2n) is 6.12. The summed E-state index contributed by atoms with van der Waals surface area (Å²) in [6, 6.07) is 5.36. The molecule has 1 aliphatic rings. The number of urea groups is 1. The van der Waals surface area contributed by atoms with Gasteiger partial charge < -0.3 is 15.0 Å². The SMILES string of the molecule is COCCN(C(=O)Nc1ccc(NS(C)(=O)=O)cc1)C1CCS(=O)(=O)C1. The number of hydrogen-bond acceptors (Lipinski definition) is 6. The van der Waals surface area contributed by atoms with Gasteiger partial charge in [-0.15, -0.1) is 0 Å².